The first-order chi connectivity index (χ1) is 13.1. The molecule has 0 unspecified atom stereocenters. The summed E-state index contributed by atoms with van der Waals surface area (Å²) in [5, 5.41) is 9.18. The molecule has 0 heterocycles. The standard InChI is InChI=1S/C24H38O4/c1-19-13-14-20(11-8-10-16-24(4,5)28-18-25)17-21(19)12-7-6-9-15-23(2,3)22(26)27/h13-14,17-18H,6-12,15-16H2,1-5H3,(H,26,27). The van der Waals surface area contributed by atoms with Gasteiger partial charge >= 0.3 is 5.97 Å². The number of hydrogen-bond acceptors (Lipinski definition) is 3. The number of aliphatic carboxylic acids is 1. The highest BCUT2D eigenvalue weighted by Gasteiger charge is 2.25. The molecule has 4 nitrogen and oxygen atoms in total. The number of unbranched alkanes of at least 4 members (excludes halogenated alkanes) is 3. The third-order valence-corrected chi connectivity index (χ3v) is 5.60. The minimum absolute atomic E-state index is 0.380. The Bertz CT molecular complexity index is 631. The van der Waals surface area contributed by atoms with E-state index in [4.69, 9.17) is 4.74 Å². The van der Waals surface area contributed by atoms with E-state index in [-0.39, 0.29) is 5.60 Å². The zero-order chi connectivity index (χ0) is 21.2. The highest BCUT2D eigenvalue weighted by molar-refractivity contribution is 5.73. The molecule has 0 aromatic heterocycles. The molecule has 1 rings (SSSR count). The molecule has 0 aliphatic heterocycles. The van der Waals surface area contributed by atoms with Gasteiger partial charge in [-0.2, -0.15) is 0 Å². The molecular formula is C24H38O4. The Balaban J connectivity index is 2.40. The van der Waals surface area contributed by atoms with Crippen LogP contribution in [0.2, 0.25) is 0 Å². The Hall–Kier alpha value is -1.84. The molecule has 0 spiro atoms. The maximum Gasteiger partial charge on any atom is 0.309 e. The van der Waals surface area contributed by atoms with E-state index in [9.17, 15) is 14.7 Å². The normalized spacial score (nSPS) is 12.0. The predicted octanol–water partition coefficient (Wildman–Crippen LogP) is 5.87. The number of hydrogen-bond donors (Lipinski definition) is 1. The molecule has 1 aromatic carbocycles. The van der Waals surface area contributed by atoms with E-state index in [1.165, 1.54) is 16.7 Å². The fourth-order valence-corrected chi connectivity index (χ4v) is 3.38. The van der Waals surface area contributed by atoms with Crippen molar-refractivity contribution in [1.29, 1.82) is 0 Å². The Labute approximate surface area is 170 Å². The minimum Gasteiger partial charge on any atom is -0.481 e. The monoisotopic (exact) mass is 390 g/mol. The Morgan fingerprint density at radius 1 is 1.00 bits per heavy atom. The summed E-state index contributed by atoms with van der Waals surface area (Å²) in [6.07, 6.45) is 8.91. The van der Waals surface area contributed by atoms with E-state index in [0.717, 1.165) is 57.8 Å². The lowest BCUT2D eigenvalue weighted by Crippen LogP contribution is -2.23. The van der Waals surface area contributed by atoms with E-state index in [1.807, 2.05) is 13.8 Å². The number of aryl methyl sites for hydroxylation is 3. The second kappa shape index (κ2) is 11.2. The highest BCUT2D eigenvalue weighted by atomic mass is 16.5. The van der Waals surface area contributed by atoms with Gasteiger partial charge in [0.2, 0.25) is 0 Å². The van der Waals surface area contributed by atoms with Crippen molar-refractivity contribution in [3.05, 3.63) is 34.9 Å². The van der Waals surface area contributed by atoms with E-state index in [0.29, 0.717) is 6.47 Å². The van der Waals surface area contributed by atoms with Crippen LogP contribution in [0.15, 0.2) is 18.2 Å². The summed E-state index contributed by atoms with van der Waals surface area (Å²) in [6, 6.07) is 6.74. The zero-order valence-electron chi connectivity index (χ0n) is 18.3. The molecule has 0 radical (unpaired) electrons. The molecule has 1 aromatic rings. The fraction of sp³-hybridized carbons (Fsp3) is 0.667. The smallest absolute Gasteiger partial charge is 0.309 e. The summed E-state index contributed by atoms with van der Waals surface area (Å²) >= 11 is 0. The van der Waals surface area contributed by atoms with E-state index in [2.05, 4.69) is 25.1 Å². The van der Waals surface area contributed by atoms with Crippen LogP contribution in [0, 0.1) is 12.3 Å². The van der Waals surface area contributed by atoms with Crippen LogP contribution in [0.5, 0.6) is 0 Å². The summed E-state index contributed by atoms with van der Waals surface area (Å²) < 4.78 is 5.10. The number of carboxylic acid groups (broad SMARTS) is 1. The van der Waals surface area contributed by atoms with Crippen molar-refractivity contribution < 1.29 is 19.4 Å². The van der Waals surface area contributed by atoms with Crippen molar-refractivity contribution in [3.8, 4) is 0 Å². The van der Waals surface area contributed by atoms with Crippen LogP contribution >= 0.6 is 0 Å². The number of ether oxygens (including phenoxy) is 1. The lowest BCUT2D eigenvalue weighted by molar-refractivity contribution is -0.147. The van der Waals surface area contributed by atoms with Gasteiger partial charge in [0, 0.05) is 0 Å². The molecule has 28 heavy (non-hydrogen) atoms. The van der Waals surface area contributed by atoms with E-state index < -0.39 is 11.4 Å². The topological polar surface area (TPSA) is 63.6 Å². The quantitative estimate of drug-likeness (QED) is 0.318. The van der Waals surface area contributed by atoms with Gasteiger partial charge in [0.15, 0.2) is 0 Å². The predicted molar refractivity (Wildman–Crippen MR) is 114 cm³/mol. The molecule has 0 saturated heterocycles. The SMILES string of the molecule is Cc1ccc(CCCCC(C)(C)OC=O)cc1CCCCCC(C)(C)C(=O)O. The number of carboxylic acids is 1. The van der Waals surface area contributed by atoms with Crippen LogP contribution in [0.3, 0.4) is 0 Å². The summed E-state index contributed by atoms with van der Waals surface area (Å²) in [5.41, 5.74) is 3.09. The Kier molecular flexibility index (Phi) is 9.71. The van der Waals surface area contributed by atoms with Crippen LogP contribution in [0.4, 0.5) is 0 Å². The minimum atomic E-state index is -0.711. The zero-order valence-corrected chi connectivity index (χ0v) is 18.3. The third kappa shape index (κ3) is 8.90. The summed E-state index contributed by atoms with van der Waals surface area (Å²) in [6.45, 7) is 10.2. The van der Waals surface area contributed by atoms with E-state index >= 15 is 0 Å². The van der Waals surface area contributed by atoms with Gasteiger partial charge in [-0.05, 0) is 96.3 Å². The van der Waals surface area contributed by atoms with Gasteiger partial charge < -0.3 is 9.84 Å². The average Bonchev–Trinajstić information content (AvgIpc) is 2.60. The second-order valence-corrected chi connectivity index (χ2v) is 9.19. The van der Waals surface area contributed by atoms with Crippen molar-refractivity contribution in [2.24, 2.45) is 5.41 Å². The molecule has 0 aliphatic rings. The van der Waals surface area contributed by atoms with Gasteiger partial charge in [0.1, 0.15) is 5.60 Å². The first kappa shape index (κ1) is 24.2. The molecule has 0 saturated carbocycles. The van der Waals surface area contributed by atoms with Crippen molar-refractivity contribution in [2.75, 3.05) is 0 Å². The Morgan fingerprint density at radius 3 is 2.29 bits per heavy atom. The van der Waals surface area contributed by atoms with Gasteiger partial charge in [0.05, 0.1) is 5.41 Å². The maximum atomic E-state index is 11.2. The van der Waals surface area contributed by atoms with Crippen LogP contribution in [0.25, 0.3) is 0 Å². The van der Waals surface area contributed by atoms with Crippen molar-refractivity contribution in [1.82, 2.24) is 0 Å². The molecule has 0 fully saturated rings. The number of rotatable bonds is 14. The molecule has 0 amide bonds. The third-order valence-electron chi connectivity index (χ3n) is 5.60. The molecular weight excluding hydrogens is 352 g/mol. The molecule has 4 heteroatoms. The van der Waals surface area contributed by atoms with Crippen LogP contribution in [-0.4, -0.2) is 23.1 Å². The molecule has 0 atom stereocenters. The molecule has 158 valence electrons. The fourth-order valence-electron chi connectivity index (χ4n) is 3.38. The van der Waals surface area contributed by atoms with Gasteiger partial charge in [-0.3, -0.25) is 9.59 Å². The van der Waals surface area contributed by atoms with Gasteiger partial charge in [-0.25, -0.2) is 0 Å². The van der Waals surface area contributed by atoms with Crippen molar-refractivity contribution in [3.63, 3.8) is 0 Å². The largest absolute Gasteiger partial charge is 0.481 e. The molecule has 1 N–H and O–H groups in total. The summed E-state index contributed by atoms with van der Waals surface area (Å²) in [7, 11) is 0. The summed E-state index contributed by atoms with van der Waals surface area (Å²) in [5.74, 6) is -0.711. The number of carbonyl (C=O) groups is 2. The lowest BCUT2D eigenvalue weighted by atomic mass is 9.87. The van der Waals surface area contributed by atoms with Crippen molar-refractivity contribution >= 4 is 12.4 Å². The summed E-state index contributed by atoms with van der Waals surface area (Å²) in [4.78, 5) is 21.7. The van der Waals surface area contributed by atoms with Crippen LogP contribution < -0.4 is 0 Å². The lowest BCUT2D eigenvalue weighted by Gasteiger charge is -2.22. The number of carbonyl (C=O) groups excluding carboxylic acids is 1. The second-order valence-electron chi connectivity index (χ2n) is 9.19. The van der Waals surface area contributed by atoms with E-state index in [1.54, 1.807) is 13.8 Å². The first-order valence-corrected chi connectivity index (χ1v) is 10.5. The molecule has 0 aliphatic carbocycles. The maximum absolute atomic E-state index is 11.2. The number of benzene rings is 1. The Morgan fingerprint density at radius 2 is 1.64 bits per heavy atom. The van der Waals surface area contributed by atoms with Crippen LogP contribution in [-0.2, 0) is 27.2 Å². The van der Waals surface area contributed by atoms with Gasteiger partial charge in [-0.15, -0.1) is 0 Å². The van der Waals surface area contributed by atoms with Gasteiger partial charge in [0.25, 0.3) is 6.47 Å². The van der Waals surface area contributed by atoms with Crippen molar-refractivity contribution in [2.45, 2.75) is 98.0 Å². The highest BCUT2D eigenvalue weighted by Crippen LogP contribution is 2.25. The van der Waals surface area contributed by atoms with Gasteiger partial charge in [-0.1, -0.05) is 31.0 Å². The van der Waals surface area contributed by atoms with Crippen LogP contribution in [0.1, 0.15) is 89.3 Å². The average molecular weight is 391 g/mol. The first-order valence-electron chi connectivity index (χ1n) is 10.5. The molecule has 0 bridgehead atoms.